The Hall–Kier alpha value is -1.93. The number of halogens is 1. The summed E-state index contributed by atoms with van der Waals surface area (Å²) in [6.07, 6.45) is 4.65. The van der Waals surface area contributed by atoms with Crippen molar-refractivity contribution in [3.05, 3.63) is 35.1 Å². The Morgan fingerprint density at radius 1 is 1.33 bits per heavy atom. The molecule has 1 saturated carbocycles. The molecule has 1 amide bonds. The van der Waals surface area contributed by atoms with Crippen molar-refractivity contribution in [2.75, 3.05) is 11.6 Å². The van der Waals surface area contributed by atoms with E-state index >= 15 is 0 Å². The van der Waals surface area contributed by atoms with Gasteiger partial charge in [-0.3, -0.25) is 4.79 Å². The van der Waals surface area contributed by atoms with Crippen LogP contribution in [-0.2, 0) is 11.4 Å². The van der Waals surface area contributed by atoms with Crippen LogP contribution < -0.4 is 15.9 Å². The maximum Gasteiger partial charge on any atom is 0.230 e. The Morgan fingerprint density at radius 3 is 2.81 bits per heavy atom. The van der Waals surface area contributed by atoms with E-state index in [9.17, 15) is 4.79 Å². The molecule has 7 nitrogen and oxygen atoms in total. The van der Waals surface area contributed by atoms with Crippen LogP contribution >= 0.6 is 23.4 Å². The molecule has 1 aromatic heterocycles. The van der Waals surface area contributed by atoms with Crippen LogP contribution in [0.25, 0.3) is 0 Å². The number of carbonyl (C=O) groups is 1. The SMILES string of the molecule is C[C@@H]1CCCC[C@H]1NC(=O)CSc1nnc(COc2ccc(Cl)cc2)n1N. The van der Waals surface area contributed by atoms with Gasteiger partial charge < -0.3 is 15.9 Å². The molecule has 1 heterocycles. The summed E-state index contributed by atoms with van der Waals surface area (Å²) in [6.45, 7) is 2.37. The number of nitrogens with one attached hydrogen (secondary N) is 1. The molecule has 0 spiro atoms. The number of hydrogen-bond acceptors (Lipinski definition) is 6. The van der Waals surface area contributed by atoms with E-state index in [-0.39, 0.29) is 24.3 Å². The summed E-state index contributed by atoms with van der Waals surface area (Å²) in [5.41, 5.74) is 0. The number of aromatic nitrogens is 3. The molecule has 1 aliphatic rings. The Labute approximate surface area is 168 Å². The number of nitrogen functional groups attached to an aromatic ring is 1. The predicted octanol–water partition coefficient (Wildman–Crippen LogP) is 3.01. The van der Waals surface area contributed by atoms with E-state index in [1.165, 1.54) is 35.7 Å². The zero-order chi connectivity index (χ0) is 19.2. The zero-order valence-corrected chi connectivity index (χ0v) is 16.8. The van der Waals surface area contributed by atoms with Crippen molar-refractivity contribution in [2.24, 2.45) is 5.92 Å². The van der Waals surface area contributed by atoms with E-state index in [0.717, 1.165) is 6.42 Å². The summed E-state index contributed by atoms with van der Waals surface area (Å²) in [4.78, 5) is 12.2. The van der Waals surface area contributed by atoms with Gasteiger partial charge in [0.1, 0.15) is 12.4 Å². The van der Waals surface area contributed by atoms with Crippen LogP contribution in [0.3, 0.4) is 0 Å². The van der Waals surface area contributed by atoms with Crippen LogP contribution in [0.1, 0.15) is 38.4 Å². The Morgan fingerprint density at radius 2 is 2.07 bits per heavy atom. The van der Waals surface area contributed by atoms with Crippen molar-refractivity contribution in [3.8, 4) is 5.75 Å². The van der Waals surface area contributed by atoms with Crippen molar-refractivity contribution < 1.29 is 9.53 Å². The Balaban J connectivity index is 1.48. The monoisotopic (exact) mass is 409 g/mol. The molecule has 1 aromatic carbocycles. The molecule has 1 fully saturated rings. The predicted molar refractivity (Wildman–Crippen MR) is 106 cm³/mol. The molecule has 3 rings (SSSR count). The van der Waals surface area contributed by atoms with Crippen molar-refractivity contribution in [2.45, 2.75) is 50.4 Å². The molecule has 2 atom stereocenters. The van der Waals surface area contributed by atoms with Crippen LogP contribution in [-0.4, -0.2) is 32.6 Å². The number of nitrogens with two attached hydrogens (primary N) is 1. The summed E-state index contributed by atoms with van der Waals surface area (Å²) >= 11 is 7.12. The second-order valence-corrected chi connectivity index (χ2v) is 8.11. The third kappa shape index (κ3) is 5.52. The fourth-order valence-corrected chi connectivity index (χ4v) is 3.90. The van der Waals surface area contributed by atoms with Crippen molar-refractivity contribution in [1.29, 1.82) is 0 Å². The maximum absolute atomic E-state index is 12.2. The van der Waals surface area contributed by atoms with E-state index in [4.69, 9.17) is 22.2 Å². The number of thioether (sulfide) groups is 1. The lowest BCUT2D eigenvalue weighted by atomic mass is 9.86. The van der Waals surface area contributed by atoms with Gasteiger partial charge in [0.05, 0.1) is 5.75 Å². The average molecular weight is 410 g/mol. The quantitative estimate of drug-likeness (QED) is 0.539. The highest BCUT2D eigenvalue weighted by Gasteiger charge is 2.23. The normalized spacial score (nSPS) is 19.6. The first kappa shape index (κ1) is 19.8. The summed E-state index contributed by atoms with van der Waals surface area (Å²) in [5.74, 6) is 7.96. The van der Waals surface area contributed by atoms with Gasteiger partial charge >= 0.3 is 0 Å². The van der Waals surface area contributed by atoms with Crippen LogP contribution in [0.5, 0.6) is 5.75 Å². The smallest absolute Gasteiger partial charge is 0.230 e. The van der Waals surface area contributed by atoms with Gasteiger partial charge in [0.15, 0.2) is 5.82 Å². The molecule has 0 radical (unpaired) electrons. The number of rotatable bonds is 7. The van der Waals surface area contributed by atoms with Gasteiger partial charge in [-0.1, -0.05) is 43.1 Å². The van der Waals surface area contributed by atoms with E-state index in [0.29, 0.717) is 27.7 Å². The summed E-state index contributed by atoms with van der Waals surface area (Å²) < 4.78 is 6.99. The molecular weight excluding hydrogens is 386 g/mol. The molecule has 0 bridgehead atoms. The van der Waals surface area contributed by atoms with Crippen LogP contribution in [0.4, 0.5) is 0 Å². The maximum atomic E-state index is 12.2. The van der Waals surface area contributed by atoms with Gasteiger partial charge in [-0.15, -0.1) is 10.2 Å². The van der Waals surface area contributed by atoms with E-state index < -0.39 is 0 Å². The lowest BCUT2D eigenvalue weighted by Crippen LogP contribution is -2.41. The first-order chi connectivity index (χ1) is 13.0. The third-order valence-corrected chi connectivity index (χ3v) is 5.90. The minimum atomic E-state index is 0.000661. The second kappa shape index (κ2) is 9.32. The summed E-state index contributed by atoms with van der Waals surface area (Å²) in [6, 6.07) is 7.30. The number of nitrogens with zero attached hydrogens (tertiary/aromatic N) is 3. The molecule has 27 heavy (non-hydrogen) atoms. The molecule has 0 aliphatic heterocycles. The van der Waals surface area contributed by atoms with Crippen molar-refractivity contribution in [1.82, 2.24) is 20.2 Å². The summed E-state index contributed by atoms with van der Waals surface area (Å²) in [7, 11) is 0. The third-order valence-electron chi connectivity index (χ3n) is 4.71. The van der Waals surface area contributed by atoms with Gasteiger partial charge in [0.25, 0.3) is 0 Å². The van der Waals surface area contributed by atoms with Crippen LogP contribution in [0.2, 0.25) is 5.02 Å². The fourth-order valence-electron chi connectivity index (χ4n) is 3.09. The number of ether oxygens (including phenoxy) is 1. The highest BCUT2D eigenvalue weighted by atomic mass is 35.5. The van der Waals surface area contributed by atoms with E-state index in [2.05, 4.69) is 22.4 Å². The minimum Gasteiger partial charge on any atom is -0.486 e. The number of benzene rings is 1. The topological polar surface area (TPSA) is 95.1 Å². The largest absolute Gasteiger partial charge is 0.486 e. The lowest BCUT2D eigenvalue weighted by Gasteiger charge is -2.29. The molecule has 0 saturated heterocycles. The Kier molecular flexibility index (Phi) is 6.84. The van der Waals surface area contributed by atoms with Gasteiger partial charge in [-0.05, 0) is 43.0 Å². The fraction of sp³-hybridized carbons (Fsp3) is 0.500. The molecular formula is C18H24ClN5O2S. The van der Waals surface area contributed by atoms with E-state index in [1.54, 1.807) is 24.3 Å². The number of hydrogen-bond donors (Lipinski definition) is 2. The van der Waals surface area contributed by atoms with Crippen LogP contribution in [0, 0.1) is 5.92 Å². The van der Waals surface area contributed by atoms with Gasteiger partial charge in [0, 0.05) is 11.1 Å². The molecule has 146 valence electrons. The lowest BCUT2D eigenvalue weighted by molar-refractivity contribution is -0.119. The van der Waals surface area contributed by atoms with Gasteiger partial charge in [-0.2, -0.15) is 0 Å². The highest BCUT2D eigenvalue weighted by Crippen LogP contribution is 2.24. The standard InChI is InChI=1S/C18H24ClN5O2S/c1-12-4-2-3-5-15(12)21-17(25)11-27-18-23-22-16(24(18)20)10-26-14-8-6-13(19)7-9-14/h6-9,12,15H,2-5,10-11,20H2,1H3,(H,21,25)/t12-,15-/m1/s1. The molecule has 3 N–H and O–H groups in total. The first-order valence-corrected chi connectivity index (χ1v) is 10.4. The van der Waals surface area contributed by atoms with Gasteiger partial charge in [0.2, 0.25) is 11.1 Å². The first-order valence-electron chi connectivity index (χ1n) is 9.03. The molecule has 1 aliphatic carbocycles. The van der Waals surface area contributed by atoms with E-state index in [1.807, 2.05) is 0 Å². The van der Waals surface area contributed by atoms with Gasteiger partial charge in [-0.25, -0.2) is 4.68 Å². The molecule has 9 heteroatoms. The number of carbonyl (C=O) groups excluding carboxylic acids is 1. The molecule has 0 unspecified atom stereocenters. The molecule has 2 aromatic rings. The number of amides is 1. The highest BCUT2D eigenvalue weighted by molar-refractivity contribution is 7.99. The van der Waals surface area contributed by atoms with Crippen molar-refractivity contribution in [3.63, 3.8) is 0 Å². The average Bonchev–Trinajstić information content (AvgIpc) is 3.01. The Bertz CT molecular complexity index is 768. The summed E-state index contributed by atoms with van der Waals surface area (Å²) in [5, 5.41) is 12.3. The minimum absolute atomic E-state index is 0.000661. The zero-order valence-electron chi connectivity index (χ0n) is 15.2. The second-order valence-electron chi connectivity index (χ2n) is 6.74. The van der Waals surface area contributed by atoms with Crippen molar-refractivity contribution >= 4 is 29.3 Å². The van der Waals surface area contributed by atoms with Crippen LogP contribution in [0.15, 0.2) is 29.4 Å².